The average Bonchev–Trinajstić information content (AvgIpc) is 3.20. The molecule has 88 heavy (non-hydrogen) atoms. The summed E-state index contributed by atoms with van der Waals surface area (Å²) in [4.78, 5) is 16.8. The Balaban J connectivity index is 0.000000239. The number of carbonyl (C=O) groups is 1. The molecule has 16 nitrogen and oxygen atoms in total. The first kappa shape index (κ1) is 81.6. The Hall–Kier alpha value is 1.15. The molecule has 6 aromatic carbocycles. The number of sulfone groups is 5. The molecule has 0 aliphatic rings. The molecule has 0 amide bonds. The molecule has 0 N–H and O–H groups in total. The molecule has 2 heterocycles. The van der Waals surface area contributed by atoms with Crippen LogP contribution in [0.4, 0.5) is 0 Å². The van der Waals surface area contributed by atoms with Gasteiger partial charge in [-0.3, -0.25) is 4.79 Å². The highest BCUT2D eigenvalue weighted by atomic mass is 80.0. The Morgan fingerprint density at radius 3 is 1.39 bits per heavy atom. The summed E-state index contributed by atoms with van der Waals surface area (Å²) in [5.41, 5.74) is 1.90. The molecule has 0 saturated heterocycles. The lowest BCUT2D eigenvalue weighted by atomic mass is 10.0. The first-order valence-corrected chi connectivity index (χ1v) is 44.2. The zero-order valence-corrected chi connectivity index (χ0v) is 73.4. The minimum Gasteiger partial charge on any atom is -0.397 e. The number of aryl methyl sites for hydroxylation is 2. The normalized spacial score (nSPS) is 12.9. The van der Waals surface area contributed by atoms with Crippen LogP contribution in [0.5, 0.6) is 5.75 Å². The van der Waals surface area contributed by atoms with Crippen molar-refractivity contribution in [3.63, 3.8) is 0 Å². The summed E-state index contributed by atoms with van der Waals surface area (Å²) in [6, 6.07) is 43.0. The third-order valence-corrected chi connectivity index (χ3v) is 39.4. The van der Waals surface area contributed by atoms with E-state index in [2.05, 4.69) is 254 Å². The summed E-state index contributed by atoms with van der Waals surface area (Å²) < 4.78 is 130. The summed E-state index contributed by atoms with van der Waals surface area (Å²) in [5.74, 6) is 0.0443. The Bertz CT molecular complexity index is 4370. The molecule has 8 aromatic rings. The van der Waals surface area contributed by atoms with Gasteiger partial charge in [-0.1, -0.05) is 108 Å². The summed E-state index contributed by atoms with van der Waals surface area (Å²) >= 11 is 50.0. The van der Waals surface area contributed by atoms with Gasteiger partial charge >= 0.3 is 0 Å². The SMILES string of the molecule is Cc1ccc(S(=O)(=O)C(Br)(Br)Br)nc1.Cc1nnc(S(=O)(=O)C(Br)(Br)Br)s1.O=C(c1ccccc1)c1ccc(S(=O)(=O)C(Br)(Br)Br)cc1.O=S(=O)(c1ccc2ccccc2c1)C(Br)(Br)Br.O=S(Oc1ccc(S(=O)(=O)C(Br)(Br)Br)c(Cl)c1)c1ccccc1. The van der Waals surface area contributed by atoms with Gasteiger partial charge in [0.05, 0.1) is 24.6 Å². The van der Waals surface area contributed by atoms with Crippen molar-refractivity contribution in [1.82, 2.24) is 15.2 Å². The van der Waals surface area contributed by atoms with Crippen molar-refractivity contribution in [2.24, 2.45) is 0 Å². The van der Waals surface area contributed by atoms with Gasteiger partial charge in [0.25, 0.3) is 0 Å². The van der Waals surface area contributed by atoms with E-state index in [0.29, 0.717) is 21.0 Å². The summed E-state index contributed by atoms with van der Waals surface area (Å²) in [6.45, 7) is 3.53. The van der Waals surface area contributed by atoms with Crippen LogP contribution in [-0.4, -0.2) is 74.6 Å². The van der Waals surface area contributed by atoms with Crippen LogP contribution in [0.1, 0.15) is 26.5 Å². The maximum Gasteiger partial charge on any atom is 0.243 e. The fourth-order valence-corrected chi connectivity index (χ4v) is 20.9. The lowest BCUT2D eigenvalue weighted by molar-refractivity contribution is 0.103. The molecule has 1 unspecified atom stereocenters. The molecule has 0 spiro atoms. The van der Waals surface area contributed by atoms with Crippen molar-refractivity contribution in [2.45, 2.75) is 50.2 Å². The zero-order valence-electron chi connectivity index (χ0n) is 43.1. The maximum absolute atomic E-state index is 12.3. The number of hydrogen-bond acceptors (Lipinski definition) is 17. The van der Waals surface area contributed by atoms with Crippen molar-refractivity contribution in [2.75, 3.05) is 0 Å². The highest BCUT2D eigenvalue weighted by Crippen LogP contribution is 2.48. The monoisotopic (exact) mass is 2310 g/mol. The summed E-state index contributed by atoms with van der Waals surface area (Å²) in [5, 5.41) is 9.64. The number of nitrogens with zero attached hydrogens (tertiary/aromatic N) is 3. The molecular weight excluding hydrogens is 2300 g/mol. The van der Waals surface area contributed by atoms with E-state index in [9.17, 15) is 51.1 Å². The van der Waals surface area contributed by atoms with Crippen LogP contribution >= 0.6 is 262 Å². The van der Waals surface area contributed by atoms with Crippen molar-refractivity contribution >= 4 is 339 Å². The van der Waals surface area contributed by atoms with Crippen LogP contribution in [0.2, 0.25) is 5.02 Å². The second-order valence-corrected chi connectivity index (χ2v) is 71.4. The quantitative estimate of drug-likeness (QED) is 0.0911. The van der Waals surface area contributed by atoms with Crippen molar-refractivity contribution in [3.8, 4) is 5.75 Å². The number of carbonyl (C=O) groups excluding carboxylic acids is 1. The number of halogens is 16. The van der Waals surface area contributed by atoms with E-state index in [1.807, 2.05) is 37.3 Å². The average molecular weight is 2330 g/mol. The van der Waals surface area contributed by atoms with Gasteiger partial charge < -0.3 is 4.18 Å². The number of rotatable bonds is 10. The Labute approximate surface area is 645 Å². The lowest BCUT2D eigenvalue weighted by Gasteiger charge is -2.15. The number of pyridine rings is 1. The lowest BCUT2D eigenvalue weighted by Crippen LogP contribution is -2.18. The standard InChI is InChI=1S/C14H9Br3O3S.C13H8Br3ClO4S2.C11H7Br3O2S.C7H6Br3NO2S.C4H3Br3N2O2S2/c15-14(16,17)21(19,20)12-8-6-11(7-9-12)13(18)10-4-2-1-3-5-10;14-13(15,16)23(19,20)12-7-6-9(8-11(12)17)21-22(18)10-4-2-1-3-5-10;12-11(13,14)17(15,16)10-6-5-8-3-1-2-4-9(8)7-10;1-5-2-3-6(11-4-5)14(12,13)7(8,9)10;1-2-8-9-3(12-2)13(10,11)4(5,6)7/h1-9H;1-8H;1-7H;2-4H,1H3;1H3. The van der Waals surface area contributed by atoms with E-state index in [4.69, 9.17) is 15.8 Å². The minimum atomic E-state index is -3.82. The molecular formula is C49H33Br15ClN3O13S7. The number of alkyl halides is 15. The van der Waals surface area contributed by atoms with Crippen LogP contribution < -0.4 is 4.18 Å². The number of aromatic nitrogens is 3. The molecule has 0 saturated carbocycles. The molecule has 0 fully saturated rings. The third-order valence-electron chi connectivity index (χ3n) is 10.2. The zero-order chi connectivity index (χ0) is 66.9. The fourth-order valence-electron chi connectivity index (χ4n) is 5.90. The van der Waals surface area contributed by atoms with E-state index in [1.165, 1.54) is 54.7 Å². The van der Waals surface area contributed by atoms with Crippen molar-refractivity contribution < 1.29 is 55.3 Å². The summed E-state index contributed by atoms with van der Waals surface area (Å²) in [6.07, 6.45) is 1.51. The van der Waals surface area contributed by atoms with Crippen LogP contribution in [0.25, 0.3) is 10.8 Å². The highest BCUT2D eigenvalue weighted by molar-refractivity contribution is 9.44. The second-order valence-electron chi connectivity index (χ2n) is 16.5. The first-order chi connectivity index (χ1) is 40.2. The van der Waals surface area contributed by atoms with E-state index in [0.717, 1.165) is 27.7 Å². The van der Waals surface area contributed by atoms with Crippen molar-refractivity contribution in [3.05, 3.63) is 191 Å². The van der Waals surface area contributed by atoms with Gasteiger partial charge in [-0.2, -0.15) is 0 Å². The van der Waals surface area contributed by atoms with Gasteiger partial charge in [0.1, 0.15) is 10.8 Å². The predicted molar refractivity (Wildman–Crippen MR) is 402 cm³/mol. The number of hydrogen-bond donors (Lipinski definition) is 0. The van der Waals surface area contributed by atoms with E-state index in [-0.39, 0.29) is 40.6 Å². The molecule has 39 heteroatoms. The second kappa shape index (κ2) is 33.6. The Morgan fingerprint density at radius 1 is 0.477 bits per heavy atom. The number of ketones is 1. The van der Waals surface area contributed by atoms with Gasteiger partial charge in [-0.05, 0) is 336 Å². The minimum absolute atomic E-state index is 0.00808. The molecule has 0 radical (unpaired) electrons. The first-order valence-electron chi connectivity index (χ1n) is 22.6. The van der Waals surface area contributed by atoms with E-state index in [1.54, 1.807) is 85.8 Å². The maximum atomic E-state index is 12.3. The van der Waals surface area contributed by atoms with E-state index >= 15 is 0 Å². The van der Waals surface area contributed by atoms with Crippen LogP contribution in [0.15, 0.2) is 193 Å². The molecule has 0 aliphatic carbocycles. The van der Waals surface area contributed by atoms with E-state index < -0.39 is 67.6 Å². The van der Waals surface area contributed by atoms with Crippen molar-refractivity contribution in [1.29, 1.82) is 0 Å². The Kier molecular flexibility index (Phi) is 31.2. The molecule has 2 aromatic heterocycles. The number of fused-ring (bicyclic) bond motifs is 1. The molecule has 476 valence electrons. The molecule has 0 bridgehead atoms. The highest BCUT2D eigenvalue weighted by Gasteiger charge is 2.42. The van der Waals surface area contributed by atoms with Gasteiger partial charge in [-0.15, -0.1) is 10.2 Å². The van der Waals surface area contributed by atoms with Gasteiger partial charge in [-0.25, -0.2) is 51.3 Å². The largest absolute Gasteiger partial charge is 0.397 e. The smallest absolute Gasteiger partial charge is 0.243 e. The number of benzene rings is 6. The Morgan fingerprint density at radius 2 is 0.932 bits per heavy atom. The van der Waals surface area contributed by atoms with Crippen LogP contribution in [-0.2, 0) is 60.3 Å². The molecule has 8 rings (SSSR count). The molecule has 0 aliphatic heterocycles. The third kappa shape index (κ3) is 22.3. The topological polar surface area (TPSA) is 253 Å². The van der Waals surface area contributed by atoms with Gasteiger partial charge in [0.2, 0.25) is 72.0 Å². The van der Waals surface area contributed by atoms with Crippen LogP contribution in [0, 0.1) is 13.8 Å². The fraction of sp³-hybridized carbons (Fsp3) is 0.143. The van der Waals surface area contributed by atoms with Crippen LogP contribution in [0.3, 0.4) is 0 Å². The predicted octanol–water partition coefficient (Wildman–Crippen LogP) is 19.3. The molecule has 1 atom stereocenters. The van der Waals surface area contributed by atoms with Gasteiger partial charge in [0, 0.05) is 23.4 Å². The van der Waals surface area contributed by atoms with Gasteiger partial charge in [0.15, 0.2) is 10.8 Å². The summed E-state index contributed by atoms with van der Waals surface area (Å²) in [7, 11) is -18.1.